The fourth-order valence-corrected chi connectivity index (χ4v) is 7.45. The quantitative estimate of drug-likeness (QED) is 0.272. The second-order valence-corrected chi connectivity index (χ2v) is 13.3. The number of sulfone groups is 1. The molecule has 3 rings (SSSR count). The van der Waals surface area contributed by atoms with Gasteiger partial charge in [0, 0.05) is 25.7 Å². The maximum Gasteiger partial charge on any atom is 0.241 e. The first-order valence-electron chi connectivity index (χ1n) is 12.2. The molecule has 0 atom stereocenters. The van der Waals surface area contributed by atoms with E-state index in [9.17, 15) is 21.2 Å². The van der Waals surface area contributed by atoms with Crippen LogP contribution >= 0.6 is 12.2 Å². The van der Waals surface area contributed by atoms with Crippen molar-refractivity contribution >= 4 is 37.2 Å². The van der Waals surface area contributed by atoms with Crippen molar-refractivity contribution in [3.8, 4) is 0 Å². The Morgan fingerprint density at radius 2 is 1.67 bits per heavy atom. The van der Waals surface area contributed by atoms with Crippen molar-refractivity contribution < 1.29 is 21.2 Å². The molecule has 1 aliphatic rings. The lowest BCUT2D eigenvalue weighted by molar-refractivity contribution is 0.298. The second-order valence-electron chi connectivity index (χ2n) is 9.28. The van der Waals surface area contributed by atoms with E-state index in [4.69, 9.17) is 12.2 Å². The number of benzene rings is 2. The van der Waals surface area contributed by atoms with Crippen molar-refractivity contribution in [1.82, 2.24) is 14.9 Å². The molecule has 0 amide bonds. The molecular formula is C25H34FN3O4S3. The van der Waals surface area contributed by atoms with E-state index in [0.29, 0.717) is 36.6 Å². The van der Waals surface area contributed by atoms with Crippen LogP contribution in [0.25, 0.3) is 0 Å². The number of thiocarbonyl (C=S) groups is 1. The third-order valence-corrected chi connectivity index (χ3v) is 9.99. The number of unbranched alkanes of at least 4 members (excludes halogenated alkanes) is 1. The summed E-state index contributed by atoms with van der Waals surface area (Å²) < 4.78 is 69.3. The molecule has 0 spiro atoms. The van der Waals surface area contributed by atoms with E-state index < -0.39 is 25.7 Å². The Bertz CT molecular complexity index is 1270. The zero-order valence-corrected chi connectivity index (χ0v) is 23.3. The monoisotopic (exact) mass is 555 g/mol. The number of piperidine rings is 1. The van der Waals surface area contributed by atoms with Gasteiger partial charge in [-0.3, -0.25) is 0 Å². The van der Waals surface area contributed by atoms with Crippen LogP contribution in [0.2, 0.25) is 0 Å². The fraction of sp³-hybridized carbons (Fsp3) is 0.480. The van der Waals surface area contributed by atoms with E-state index in [2.05, 4.69) is 17.0 Å². The van der Waals surface area contributed by atoms with Crippen LogP contribution < -0.4 is 10.0 Å². The molecule has 0 saturated carbocycles. The van der Waals surface area contributed by atoms with Crippen LogP contribution in [-0.4, -0.2) is 52.5 Å². The summed E-state index contributed by atoms with van der Waals surface area (Å²) in [6.07, 6.45) is 3.27. The fourth-order valence-electron chi connectivity index (χ4n) is 4.11. The zero-order chi connectivity index (χ0) is 26.5. The summed E-state index contributed by atoms with van der Waals surface area (Å²) in [5.74, 6) is -0.701. The second kappa shape index (κ2) is 12.0. The third-order valence-electron chi connectivity index (χ3n) is 6.24. The molecule has 198 valence electrons. The number of sulfonamides is 1. The summed E-state index contributed by atoms with van der Waals surface area (Å²) >= 11 is 5.45. The van der Waals surface area contributed by atoms with Gasteiger partial charge >= 0.3 is 0 Å². The van der Waals surface area contributed by atoms with E-state index in [1.807, 2.05) is 18.7 Å². The molecule has 2 N–H and O–H groups in total. The number of nitrogens with one attached hydrogen (secondary N) is 2. The van der Waals surface area contributed by atoms with Crippen molar-refractivity contribution in [2.24, 2.45) is 0 Å². The van der Waals surface area contributed by atoms with Gasteiger partial charge in [0.1, 0.15) is 5.82 Å². The summed E-state index contributed by atoms with van der Waals surface area (Å²) in [5, 5.41) is 3.93. The maximum atomic E-state index is 13.5. The van der Waals surface area contributed by atoms with Gasteiger partial charge in [0.05, 0.1) is 14.7 Å². The predicted molar refractivity (Wildman–Crippen MR) is 143 cm³/mol. The van der Waals surface area contributed by atoms with Crippen molar-refractivity contribution in [2.75, 3.05) is 19.6 Å². The molecule has 0 aromatic heterocycles. The molecule has 1 aliphatic heterocycles. The van der Waals surface area contributed by atoms with E-state index in [1.165, 1.54) is 24.3 Å². The highest BCUT2D eigenvalue weighted by molar-refractivity contribution is 7.91. The van der Waals surface area contributed by atoms with Gasteiger partial charge < -0.3 is 10.2 Å². The van der Waals surface area contributed by atoms with Crippen LogP contribution in [0.3, 0.4) is 0 Å². The average molecular weight is 556 g/mol. The first-order chi connectivity index (χ1) is 17.0. The van der Waals surface area contributed by atoms with Gasteiger partial charge in [-0.1, -0.05) is 33.3 Å². The first-order valence-corrected chi connectivity index (χ1v) is 15.5. The summed E-state index contributed by atoms with van der Waals surface area (Å²) in [6.45, 7) is 7.89. The molecule has 36 heavy (non-hydrogen) atoms. The minimum absolute atomic E-state index is 0.0557. The largest absolute Gasteiger partial charge is 0.363 e. The molecule has 2 aromatic carbocycles. The molecular weight excluding hydrogens is 521 g/mol. The average Bonchev–Trinajstić information content (AvgIpc) is 2.84. The molecule has 7 nitrogen and oxygen atoms in total. The SMILES string of the molecule is CCCCNC(=S)N1CCC(NS(=O)(=O)c2cc(S(=O)(=O)c3ccc(F)cc3)ccc2C(C)C)CC1. The normalized spacial score (nSPS) is 15.3. The number of hydrogen-bond donors (Lipinski definition) is 2. The Morgan fingerprint density at radius 3 is 2.25 bits per heavy atom. The van der Waals surface area contributed by atoms with E-state index >= 15 is 0 Å². The molecule has 0 bridgehead atoms. The van der Waals surface area contributed by atoms with Crippen molar-refractivity contribution in [3.63, 3.8) is 0 Å². The van der Waals surface area contributed by atoms with Crippen LogP contribution in [-0.2, 0) is 19.9 Å². The molecule has 0 unspecified atom stereocenters. The molecule has 0 aliphatic carbocycles. The molecule has 11 heteroatoms. The summed E-state index contributed by atoms with van der Waals surface area (Å²) in [5.41, 5.74) is 0.527. The lowest BCUT2D eigenvalue weighted by atomic mass is 10.0. The highest BCUT2D eigenvalue weighted by Gasteiger charge is 2.29. The van der Waals surface area contributed by atoms with Crippen LogP contribution in [0.4, 0.5) is 4.39 Å². The van der Waals surface area contributed by atoms with Crippen molar-refractivity contribution in [1.29, 1.82) is 0 Å². The van der Waals surface area contributed by atoms with E-state index in [1.54, 1.807) is 6.07 Å². The number of likely N-dealkylation sites (tertiary alicyclic amines) is 1. The predicted octanol–water partition coefficient (Wildman–Crippen LogP) is 4.20. The molecule has 2 aromatic rings. The summed E-state index contributed by atoms with van der Waals surface area (Å²) in [6, 6.07) is 8.32. The Balaban J connectivity index is 1.80. The number of nitrogens with zero attached hydrogens (tertiary/aromatic N) is 1. The topological polar surface area (TPSA) is 95.6 Å². The van der Waals surface area contributed by atoms with Gasteiger partial charge in [-0.05, 0) is 79.4 Å². The lowest BCUT2D eigenvalue weighted by Gasteiger charge is -2.34. The van der Waals surface area contributed by atoms with Crippen LogP contribution in [0, 0.1) is 5.82 Å². The van der Waals surface area contributed by atoms with Gasteiger partial charge in [0.15, 0.2) is 5.11 Å². The first kappa shape index (κ1) is 28.5. The third kappa shape index (κ3) is 6.81. The molecule has 0 radical (unpaired) electrons. The smallest absolute Gasteiger partial charge is 0.241 e. The van der Waals surface area contributed by atoms with Gasteiger partial charge in [0.25, 0.3) is 0 Å². The summed E-state index contributed by atoms with van der Waals surface area (Å²) in [4.78, 5) is 1.73. The maximum absolute atomic E-state index is 13.5. The minimum Gasteiger partial charge on any atom is -0.363 e. The molecule has 1 saturated heterocycles. The highest BCUT2D eigenvalue weighted by atomic mass is 32.2. The molecule has 1 fully saturated rings. The Hall–Kier alpha value is -2.08. The van der Waals surface area contributed by atoms with E-state index in [-0.39, 0.29) is 26.6 Å². The van der Waals surface area contributed by atoms with Crippen LogP contribution in [0.5, 0.6) is 0 Å². The zero-order valence-electron chi connectivity index (χ0n) is 20.8. The van der Waals surface area contributed by atoms with Crippen molar-refractivity contribution in [3.05, 3.63) is 53.8 Å². The van der Waals surface area contributed by atoms with Gasteiger partial charge in [-0.15, -0.1) is 0 Å². The Kier molecular flexibility index (Phi) is 9.48. The van der Waals surface area contributed by atoms with Crippen LogP contribution in [0.15, 0.2) is 57.2 Å². The van der Waals surface area contributed by atoms with Gasteiger partial charge in [-0.2, -0.15) is 0 Å². The highest BCUT2D eigenvalue weighted by Crippen LogP contribution is 2.30. The van der Waals surface area contributed by atoms with Gasteiger partial charge in [0.2, 0.25) is 19.9 Å². The van der Waals surface area contributed by atoms with E-state index in [0.717, 1.165) is 31.5 Å². The number of hydrogen-bond acceptors (Lipinski definition) is 5. The van der Waals surface area contributed by atoms with Crippen molar-refractivity contribution in [2.45, 2.75) is 73.1 Å². The lowest BCUT2D eigenvalue weighted by Crippen LogP contribution is -2.49. The Morgan fingerprint density at radius 1 is 1.06 bits per heavy atom. The number of halogens is 1. The molecule has 1 heterocycles. The minimum atomic E-state index is -4.03. The van der Waals surface area contributed by atoms with Gasteiger partial charge in [-0.25, -0.2) is 25.9 Å². The summed E-state index contributed by atoms with van der Waals surface area (Å²) in [7, 11) is -8.03. The van der Waals surface area contributed by atoms with Crippen LogP contribution in [0.1, 0.15) is 57.9 Å². The standard InChI is InChI=1S/C25H34FN3O4S3/c1-4-5-14-27-25(34)29-15-12-20(13-16-29)28-36(32,33)24-17-22(10-11-23(24)18(2)3)35(30,31)21-8-6-19(26)7-9-21/h6-11,17-18,20,28H,4-5,12-16H2,1-3H3,(H,27,34). The number of rotatable bonds is 9. The Labute approximate surface area is 219 Å².